The molecule has 1 saturated heterocycles. The van der Waals surface area contributed by atoms with Gasteiger partial charge in [0.25, 0.3) is 5.91 Å². The molecule has 1 fully saturated rings. The van der Waals surface area contributed by atoms with E-state index in [1.54, 1.807) is 29.4 Å². The van der Waals surface area contributed by atoms with Crippen molar-refractivity contribution in [2.75, 3.05) is 43.0 Å². The summed E-state index contributed by atoms with van der Waals surface area (Å²) >= 11 is 0. The van der Waals surface area contributed by atoms with Crippen LogP contribution in [0.15, 0.2) is 42.7 Å². The Morgan fingerprint density at radius 2 is 1.92 bits per heavy atom. The molecule has 4 rings (SSSR count). The summed E-state index contributed by atoms with van der Waals surface area (Å²) in [6.45, 7) is 2.94. The highest BCUT2D eigenvalue weighted by Crippen LogP contribution is 2.31. The number of rotatable bonds is 2. The molecule has 1 aromatic carbocycles. The third kappa shape index (κ3) is 2.84. The van der Waals surface area contributed by atoms with Gasteiger partial charge in [0.2, 0.25) is 5.91 Å². The molecular weight excluding hydrogens is 316 g/mol. The van der Waals surface area contributed by atoms with E-state index < -0.39 is 0 Å². The van der Waals surface area contributed by atoms with Gasteiger partial charge >= 0.3 is 0 Å². The van der Waals surface area contributed by atoms with E-state index in [0.29, 0.717) is 25.1 Å². The molecule has 0 bridgehead atoms. The highest BCUT2D eigenvalue weighted by atomic mass is 16.2. The number of piperazine rings is 1. The van der Waals surface area contributed by atoms with Crippen LogP contribution in [-0.2, 0) is 11.2 Å². The molecule has 128 valence electrons. The van der Waals surface area contributed by atoms with Crippen molar-refractivity contribution in [3.63, 3.8) is 0 Å². The number of pyridine rings is 1. The van der Waals surface area contributed by atoms with E-state index in [1.807, 2.05) is 18.0 Å². The molecule has 6 heteroatoms. The standard InChI is InChI=1S/C19H20N4O2/c1-21-17-5-4-16(11-15(17)12-18(21)24)22-7-9-23(10-8-22)19(25)14-3-2-6-20-13-14/h2-6,11,13H,7-10,12H2,1H3. The predicted molar refractivity (Wildman–Crippen MR) is 95.9 cm³/mol. The Bertz CT molecular complexity index is 813. The Hall–Kier alpha value is -2.89. The summed E-state index contributed by atoms with van der Waals surface area (Å²) in [5.74, 6) is 0.174. The first-order chi connectivity index (χ1) is 12.1. The molecule has 2 aromatic rings. The van der Waals surface area contributed by atoms with E-state index in [-0.39, 0.29) is 11.8 Å². The van der Waals surface area contributed by atoms with Gasteiger partial charge < -0.3 is 14.7 Å². The average Bonchev–Trinajstić information content (AvgIpc) is 2.95. The zero-order valence-electron chi connectivity index (χ0n) is 14.2. The van der Waals surface area contributed by atoms with Crippen molar-refractivity contribution in [3.8, 4) is 0 Å². The first kappa shape index (κ1) is 15.6. The molecule has 0 saturated carbocycles. The monoisotopic (exact) mass is 336 g/mol. The van der Waals surface area contributed by atoms with E-state index in [0.717, 1.165) is 30.0 Å². The molecule has 6 nitrogen and oxygen atoms in total. The van der Waals surface area contributed by atoms with Crippen molar-refractivity contribution in [1.82, 2.24) is 9.88 Å². The van der Waals surface area contributed by atoms with Gasteiger partial charge in [-0.1, -0.05) is 0 Å². The maximum absolute atomic E-state index is 12.5. The van der Waals surface area contributed by atoms with E-state index in [1.165, 1.54) is 0 Å². The Morgan fingerprint density at radius 1 is 1.12 bits per heavy atom. The van der Waals surface area contributed by atoms with E-state index >= 15 is 0 Å². The first-order valence-electron chi connectivity index (χ1n) is 8.47. The van der Waals surface area contributed by atoms with Crippen LogP contribution < -0.4 is 9.80 Å². The molecule has 0 unspecified atom stereocenters. The van der Waals surface area contributed by atoms with Crippen LogP contribution in [-0.4, -0.2) is 54.9 Å². The number of carbonyl (C=O) groups excluding carboxylic acids is 2. The summed E-state index contributed by atoms with van der Waals surface area (Å²) in [4.78, 5) is 34.2. The minimum atomic E-state index is 0.0360. The predicted octanol–water partition coefficient (Wildman–Crippen LogP) is 1.56. The lowest BCUT2D eigenvalue weighted by molar-refractivity contribution is -0.117. The molecule has 0 radical (unpaired) electrons. The summed E-state index contributed by atoms with van der Waals surface area (Å²) in [6.07, 6.45) is 3.76. The van der Waals surface area contributed by atoms with Crippen molar-refractivity contribution in [2.45, 2.75) is 6.42 Å². The molecule has 2 aliphatic heterocycles. The van der Waals surface area contributed by atoms with Crippen LogP contribution in [0.3, 0.4) is 0 Å². The number of benzene rings is 1. The van der Waals surface area contributed by atoms with Gasteiger partial charge in [0.1, 0.15) is 0 Å². The second-order valence-corrected chi connectivity index (χ2v) is 6.46. The van der Waals surface area contributed by atoms with Gasteiger partial charge in [-0.25, -0.2) is 0 Å². The molecule has 2 aliphatic rings. The maximum Gasteiger partial charge on any atom is 0.255 e. The summed E-state index contributed by atoms with van der Waals surface area (Å²) in [5, 5.41) is 0. The molecule has 0 atom stereocenters. The number of aromatic nitrogens is 1. The maximum atomic E-state index is 12.5. The van der Waals surface area contributed by atoms with Crippen molar-refractivity contribution < 1.29 is 9.59 Å². The number of amides is 2. The number of anilines is 2. The fraction of sp³-hybridized carbons (Fsp3) is 0.316. The lowest BCUT2D eigenvalue weighted by Gasteiger charge is -2.36. The summed E-state index contributed by atoms with van der Waals surface area (Å²) < 4.78 is 0. The van der Waals surface area contributed by atoms with Gasteiger partial charge in [0.15, 0.2) is 0 Å². The lowest BCUT2D eigenvalue weighted by Crippen LogP contribution is -2.48. The molecule has 0 aliphatic carbocycles. The first-order valence-corrected chi connectivity index (χ1v) is 8.47. The molecule has 25 heavy (non-hydrogen) atoms. The van der Waals surface area contributed by atoms with Crippen LogP contribution in [0, 0.1) is 0 Å². The van der Waals surface area contributed by atoms with E-state index in [9.17, 15) is 9.59 Å². The fourth-order valence-corrected chi connectivity index (χ4v) is 3.49. The van der Waals surface area contributed by atoms with Crippen LogP contribution in [0.2, 0.25) is 0 Å². The topological polar surface area (TPSA) is 56.8 Å². The molecule has 3 heterocycles. The van der Waals surface area contributed by atoms with Gasteiger partial charge in [-0.05, 0) is 35.9 Å². The van der Waals surface area contributed by atoms with Crippen molar-refractivity contribution in [3.05, 3.63) is 53.9 Å². The van der Waals surface area contributed by atoms with Crippen molar-refractivity contribution in [1.29, 1.82) is 0 Å². The third-order valence-corrected chi connectivity index (χ3v) is 4.98. The van der Waals surface area contributed by atoms with Crippen LogP contribution in [0.4, 0.5) is 11.4 Å². The number of hydrogen-bond acceptors (Lipinski definition) is 4. The zero-order valence-corrected chi connectivity index (χ0v) is 14.2. The summed E-state index contributed by atoms with van der Waals surface area (Å²) in [7, 11) is 1.82. The smallest absolute Gasteiger partial charge is 0.255 e. The summed E-state index contributed by atoms with van der Waals surface area (Å²) in [6, 6.07) is 9.77. The third-order valence-electron chi connectivity index (χ3n) is 4.98. The Balaban J connectivity index is 1.44. The second-order valence-electron chi connectivity index (χ2n) is 6.46. The molecule has 1 aromatic heterocycles. The molecule has 2 amide bonds. The van der Waals surface area contributed by atoms with Gasteiger partial charge in [-0.15, -0.1) is 0 Å². The minimum Gasteiger partial charge on any atom is -0.368 e. The number of likely N-dealkylation sites (N-methyl/N-ethyl adjacent to an activating group) is 1. The fourth-order valence-electron chi connectivity index (χ4n) is 3.49. The molecular formula is C19H20N4O2. The van der Waals surface area contributed by atoms with Crippen LogP contribution in [0.25, 0.3) is 0 Å². The minimum absolute atomic E-state index is 0.0360. The summed E-state index contributed by atoms with van der Waals surface area (Å²) in [5.41, 5.74) is 3.84. The second kappa shape index (κ2) is 6.20. The number of carbonyl (C=O) groups is 2. The van der Waals surface area contributed by atoms with Crippen molar-refractivity contribution >= 4 is 23.2 Å². The Morgan fingerprint density at radius 3 is 2.64 bits per heavy atom. The SMILES string of the molecule is CN1C(=O)Cc2cc(N3CCN(C(=O)c4cccnc4)CC3)ccc21. The van der Waals surface area contributed by atoms with E-state index in [2.05, 4.69) is 22.0 Å². The van der Waals surface area contributed by atoms with Crippen LogP contribution in [0.5, 0.6) is 0 Å². The molecule has 0 spiro atoms. The lowest BCUT2D eigenvalue weighted by atomic mass is 10.1. The molecule has 0 N–H and O–H groups in total. The van der Waals surface area contributed by atoms with Gasteiger partial charge in [-0.2, -0.15) is 0 Å². The van der Waals surface area contributed by atoms with E-state index in [4.69, 9.17) is 0 Å². The highest BCUT2D eigenvalue weighted by Gasteiger charge is 2.26. The number of hydrogen-bond donors (Lipinski definition) is 0. The Labute approximate surface area is 146 Å². The normalized spacial score (nSPS) is 17.0. The highest BCUT2D eigenvalue weighted by molar-refractivity contribution is 6.01. The number of nitrogens with zero attached hydrogens (tertiary/aromatic N) is 4. The zero-order chi connectivity index (χ0) is 17.4. The van der Waals surface area contributed by atoms with Crippen LogP contribution in [0.1, 0.15) is 15.9 Å². The van der Waals surface area contributed by atoms with Crippen molar-refractivity contribution in [2.24, 2.45) is 0 Å². The average molecular weight is 336 g/mol. The number of fused-ring (bicyclic) bond motifs is 1. The van der Waals surface area contributed by atoms with Gasteiger partial charge in [-0.3, -0.25) is 14.6 Å². The quantitative estimate of drug-likeness (QED) is 0.835. The van der Waals surface area contributed by atoms with Gasteiger partial charge in [0.05, 0.1) is 12.0 Å². The largest absolute Gasteiger partial charge is 0.368 e. The van der Waals surface area contributed by atoms with Gasteiger partial charge in [0, 0.05) is 57.0 Å². The Kier molecular flexibility index (Phi) is 3.87. The van der Waals surface area contributed by atoms with Crippen LogP contribution >= 0.6 is 0 Å².